The van der Waals surface area contributed by atoms with Crippen LogP contribution < -0.4 is 0 Å². The molecule has 0 N–H and O–H groups in total. The highest BCUT2D eigenvalue weighted by molar-refractivity contribution is 4.88. The van der Waals surface area contributed by atoms with E-state index in [4.69, 9.17) is 5.26 Å². The van der Waals surface area contributed by atoms with Gasteiger partial charge in [-0.3, -0.25) is 4.90 Å². The molecule has 0 aromatic rings. The first-order valence-electron chi connectivity index (χ1n) is 3.49. The lowest BCUT2D eigenvalue weighted by Crippen LogP contribution is -2.47. The molecule has 1 atom stereocenters. The molecule has 2 nitrogen and oxygen atoms in total. The SMILES string of the molecule is CCC1CCN1CC#N. The third-order valence-corrected chi connectivity index (χ3v) is 2.01. The summed E-state index contributed by atoms with van der Waals surface area (Å²) in [6.07, 6.45) is 2.49. The van der Waals surface area contributed by atoms with Gasteiger partial charge in [-0.05, 0) is 12.8 Å². The van der Waals surface area contributed by atoms with E-state index < -0.39 is 0 Å². The zero-order chi connectivity index (χ0) is 6.69. The molecule has 1 fully saturated rings. The van der Waals surface area contributed by atoms with E-state index in [2.05, 4.69) is 17.9 Å². The average Bonchev–Trinajstić information content (AvgIpc) is 1.82. The molecule has 0 aromatic carbocycles. The monoisotopic (exact) mass is 124 g/mol. The maximum atomic E-state index is 8.32. The normalized spacial score (nSPS) is 26.9. The lowest BCUT2D eigenvalue weighted by atomic mass is 10.0. The zero-order valence-electron chi connectivity index (χ0n) is 5.80. The first-order valence-corrected chi connectivity index (χ1v) is 3.49. The van der Waals surface area contributed by atoms with Crippen molar-refractivity contribution < 1.29 is 0 Å². The molecule has 0 spiro atoms. The van der Waals surface area contributed by atoms with Crippen LogP contribution in [-0.2, 0) is 0 Å². The second kappa shape index (κ2) is 2.84. The Kier molecular flexibility index (Phi) is 2.07. The van der Waals surface area contributed by atoms with E-state index in [1.807, 2.05) is 0 Å². The van der Waals surface area contributed by atoms with Crippen molar-refractivity contribution in [2.75, 3.05) is 13.1 Å². The maximum absolute atomic E-state index is 8.32. The lowest BCUT2D eigenvalue weighted by molar-refractivity contribution is 0.105. The Labute approximate surface area is 56.1 Å². The summed E-state index contributed by atoms with van der Waals surface area (Å²) >= 11 is 0. The summed E-state index contributed by atoms with van der Waals surface area (Å²) in [6, 6.07) is 2.87. The predicted molar refractivity (Wildman–Crippen MR) is 35.9 cm³/mol. The van der Waals surface area contributed by atoms with Gasteiger partial charge in [-0.25, -0.2) is 0 Å². The Balaban J connectivity index is 2.21. The Morgan fingerprint density at radius 3 is 2.89 bits per heavy atom. The van der Waals surface area contributed by atoms with Crippen LogP contribution in [0.2, 0.25) is 0 Å². The molecule has 1 rings (SSSR count). The second-order valence-electron chi connectivity index (χ2n) is 2.48. The van der Waals surface area contributed by atoms with Gasteiger partial charge in [-0.15, -0.1) is 0 Å². The minimum atomic E-state index is 0.624. The first kappa shape index (κ1) is 6.57. The minimum Gasteiger partial charge on any atom is -0.287 e. The van der Waals surface area contributed by atoms with Crippen molar-refractivity contribution in [1.29, 1.82) is 5.26 Å². The Morgan fingerprint density at radius 2 is 2.56 bits per heavy atom. The van der Waals surface area contributed by atoms with Gasteiger partial charge in [0.25, 0.3) is 0 Å². The van der Waals surface area contributed by atoms with Crippen LogP contribution in [-0.4, -0.2) is 24.0 Å². The third kappa shape index (κ3) is 1.22. The highest BCUT2D eigenvalue weighted by Gasteiger charge is 2.24. The van der Waals surface area contributed by atoms with Crippen molar-refractivity contribution in [3.05, 3.63) is 0 Å². The molecule has 0 bridgehead atoms. The summed E-state index contributed by atoms with van der Waals surface area (Å²) in [5.74, 6) is 0. The molecular weight excluding hydrogens is 112 g/mol. The van der Waals surface area contributed by atoms with E-state index >= 15 is 0 Å². The molecule has 1 aliphatic heterocycles. The van der Waals surface area contributed by atoms with Crippen LogP contribution in [0.3, 0.4) is 0 Å². The second-order valence-corrected chi connectivity index (χ2v) is 2.48. The van der Waals surface area contributed by atoms with Crippen molar-refractivity contribution >= 4 is 0 Å². The number of nitrogens with zero attached hydrogens (tertiary/aromatic N) is 2. The van der Waals surface area contributed by atoms with Crippen molar-refractivity contribution in [1.82, 2.24) is 4.90 Å². The number of likely N-dealkylation sites (tertiary alicyclic amines) is 1. The van der Waals surface area contributed by atoms with Crippen LogP contribution in [0.5, 0.6) is 0 Å². The van der Waals surface area contributed by atoms with Crippen molar-refractivity contribution in [3.8, 4) is 6.07 Å². The smallest absolute Gasteiger partial charge is 0.0868 e. The molecule has 0 aromatic heterocycles. The van der Waals surface area contributed by atoms with E-state index in [1.165, 1.54) is 12.8 Å². The van der Waals surface area contributed by atoms with Gasteiger partial charge in [0.1, 0.15) is 0 Å². The fourth-order valence-corrected chi connectivity index (χ4v) is 1.26. The molecule has 1 aliphatic rings. The van der Waals surface area contributed by atoms with Crippen molar-refractivity contribution in [2.45, 2.75) is 25.8 Å². The number of rotatable bonds is 2. The highest BCUT2D eigenvalue weighted by Crippen LogP contribution is 2.18. The van der Waals surface area contributed by atoms with Crippen LogP contribution >= 0.6 is 0 Å². The van der Waals surface area contributed by atoms with Gasteiger partial charge < -0.3 is 0 Å². The van der Waals surface area contributed by atoms with Crippen LogP contribution in [0, 0.1) is 11.3 Å². The molecule has 1 saturated heterocycles. The van der Waals surface area contributed by atoms with Crippen LogP contribution in [0.15, 0.2) is 0 Å². The first-order chi connectivity index (χ1) is 4.38. The molecule has 0 amide bonds. The summed E-state index contributed by atoms with van der Waals surface area (Å²) < 4.78 is 0. The van der Waals surface area contributed by atoms with E-state index in [-0.39, 0.29) is 0 Å². The number of hydrogen-bond donors (Lipinski definition) is 0. The lowest BCUT2D eigenvalue weighted by Gasteiger charge is -2.38. The number of nitriles is 1. The van der Waals surface area contributed by atoms with E-state index in [0.29, 0.717) is 12.6 Å². The molecule has 50 valence electrons. The minimum absolute atomic E-state index is 0.624. The molecule has 1 unspecified atom stereocenters. The van der Waals surface area contributed by atoms with E-state index in [9.17, 15) is 0 Å². The van der Waals surface area contributed by atoms with Gasteiger partial charge >= 0.3 is 0 Å². The largest absolute Gasteiger partial charge is 0.287 e. The van der Waals surface area contributed by atoms with Crippen LogP contribution in [0.1, 0.15) is 19.8 Å². The van der Waals surface area contributed by atoms with E-state index in [0.717, 1.165) is 6.54 Å². The van der Waals surface area contributed by atoms with Gasteiger partial charge in [0.2, 0.25) is 0 Å². The quantitative estimate of drug-likeness (QED) is 0.513. The molecular formula is C7H12N2. The fourth-order valence-electron chi connectivity index (χ4n) is 1.26. The molecule has 0 aliphatic carbocycles. The van der Waals surface area contributed by atoms with Crippen molar-refractivity contribution in [2.24, 2.45) is 0 Å². The third-order valence-electron chi connectivity index (χ3n) is 2.01. The molecule has 1 heterocycles. The standard InChI is InChI=1S/C7H12N2/c1-2-7-3-5-9(7)6-4-8/h7H,2-3,5-6H2,1H3. The van der Waals surface area contributed by atoms with Gasteiger partial charge in [0.15, 0.2) is 0 Å². The summed E-state index contributed by atoms with van der Waals surface area (Å²) in [7, 11) is 0. The average molecular weight is 124 g/mol. The molecule has 0 saturated carbocycles. The fraction of sp³-hybridized carbons (Fsp3) is 0.857. The Morgan fingerprint density at radius 1 is 1.78 bits per heavy atom. The maximum Gasteiger partial charge on any atom is 0.0868 e. The molecule has 0 radical (unpaired) electrons. The van der Waals surface area contributed by atoms with Crippen LogP contribution in [0.25, 0.3) is 0 Å². The van der Waals surface area contributed by atoms with Gasteiger partial charge in [-0.1, -0.05) is 6.92 Å². The molecule has 9 heavy (non-hydrogen) atoms. The highest BCUT2D eigenvalue weighted by atomic mass is 15.2. The zero-order valence-corrected chi connectivity index (χ0v) is 5.80. The summed E-state index contributed by atoms with van der Waals surface area (Å²) in [4.78, 5) is 2.22. The Hall–Kier alpha value is -0.550. The summed E-state index contributed by atoms with van der Waals surface area (Å²) in [5, 5.41) is 8.32. The topological polar surface area (TPSA) is 27.0 Å². The van der Waals surface area contributed by atoms with E-state index in [1.54, 1.807) is 0 Å². The predicted octanol–water partition coefficient (Wildman–Crippen LogP) is 0.994. The summed E-state index contributed by atoms with van der Waals surface area (Å²) in [6.45, 7) is 3.93. The van der Waals surface area contributed by atoms with Crippen LogP contribution in [0.4, 0.5) is 0 Å². The van der Waals surface area contributed by atoms with Gasteiger partial charge in [0, 0.05) is 12.6 Å². The Bertz CT molecular complexity index is 123. The summed E-state index contributed by atoms with van der Waals surface area (Å²) in [5.41, 5.74) is 0. The number of hydrogen-bond acceptors (Lipinski definition) is 2. The van der Waals surface area contributed by atoms with Gasteiger partial charge in [-0.2, -0.15) is 5.26 Å². The van der Waals surface area contributed by atoms with Gasteiger partial charge in [0.05, 0.1) is 12.6 Å². The van der Waals surface area contributed by atoms with Crippen molar-refractivity contribution in [3.63, 3.8) is 0 Å². The molecule has 2 heteroatoms.